The maximum absolute atomic E-state index is 12.3. The van der Waals surface area contributed by atoms with E-state index in [1.807, 2.05) is 13.0 Å². The van der Waals surface area contributed by atoms with Gasteiger partial charge in [-0.2, -0.15) is 8.78 Å². The smallest absolute Gasteiger partial charge is 0.387 e. The van der Waals surface area contributed by atoms with Crippen LogP contribution in [0.25, 0.3) is 0 Å². The second-order valence-corrected chi connectivity index (χ2v) is 6.25. The van der Waals surface area contributed by atoms with Crippen molar-refractivity contribution in [2.75, 3.05) is 7.11 Å². The van der Waals surface area contributed by atoms with Gasteiger partial charge in [-0.05, 0) is 42.7 Å². The molecule has 24 heavy (non-hydrogen) atoms. The Morgan fingerprint density at radius 3 is 2.62 bits per heavy atom. The van der Waals surface area contributed by atoms with Gasteiger partial charge in [0, 0.05) is 11.4 Å². The molecule has 1 aromatic heterocycles. The highest BCUT2D eigenvalue weighted by Crippen LogP contribution is 2.29. The van der Waals surface area contributed by atoms with Crippen LogP contribution in [0.5, 0.6) is 11.5 Å². The number of nitrogens with one attached hydrogen (secondary N) is 1. The van der Waals surface area contributed by atoms with E-state index in [1.165, 1.54) is 29.4 Å². The van der Waals surface area contributed by atoms with Crippen molar-refractivity contribution < 1.29 is 23.0 Å². The van der Waals surface area contributed by atoms with Crippen LogP contribution in [0.3, 0.4) is 0 Å². The van der Waals surface area contributed by atoms with E-state index in [0.29, 0.717) is 4.88 Å². The van der Waals surface area contributed by atoms with Gasteiger partial charge in [-0.1, -0.05) is 13.0 Å². The maximum atomic E-state index is 12.3. The average molecular weight is 355 g/mol. The third-order valence-corrected chi connectivity index (χ3v) is 4.84. The van der Waals surface area contributed by atoms with Crippen LogP contribution in [-0.4, -0.2) is 19.6 Å². The van der Waals surface area contributed by atoms with Crippen molar-refractivity contribution in [2.45, 2.75) is 33.4 Å². The summed E-state index contributed by atoms with van der Waals surface area (Å²) in [6.07, 6.45) is 0.895. The molecule has 0 atom stereocenters. The lowest BCUT2D eigenvalue weighted by atomic mass is 10.2. The largest absolute Gasteiger partial charge is 0.493 e. The first-order valence-electron chi connectivity index (χ1n) is 7.43. The summed E-state index contributed by atoms with van der Waals surface area (Å²) in [7, 11) is 1.37. The van der Waals surface area contributed by atoms with Crippen LogP contribution in [0.15, 0.2) is 24.3 Å². The van der Waals surface area contributed by atoms with E-state index in [4.69, 9.17) is 4.74 Å². The Balaban J connectivity index is 2.04. The van der Waals surface area contributed by atoms with E-state index in [1.54, 1.807) is 12.1 Å². The lowest BCUT2D eigenvalue weighted by Gasteiger charge is -2.11. The SMILES string of the molecule is CCc1sc(C(=O)NCc2ccc(OC(F)F)c(OC)c2)cc1C. The summed E-state index contributed by atoms with van der Waals surface area (Å²) < 4.78 is 34.0. The summed E-state index contributed by atoms with van der Waals surface area (Å²) in [4.78, 5) is 14.1. The van der Waals surface area contributed by atoms with Crippen LogP contribution in [-0.2, 0) is 13.0 Å². The molecule has 130 valence electrons. The zero-order valence-electron chi connectivity index (χ0n) is 13.7. The molecule has 0 unspecified atom stereocenters. The molecule has 0 aliphatic rings. The first-order chi connectivity index (χ1) is 11.4. The second-order valence-electron chi connectivity index (χ2n) is 5.12. The zero-order chi connectivity index (χ0) is 17.7. The van der Waals surface area contributed by atoms with Crippen molar-refractivity contribution in [3.63, 3.8) is 0 Å². The van der Waals surface area contributed by atoms with Crippen molar-refractivity contribution in [3.05, 3.63) is 45.1 Å². The summed E-state index contributed by atoms with van der Waals surface area (Å²) >= 11 is 1.48. The van der Waals surface area contributed by atoms with Gasteiger partial charge in [-0.25, -0.2) is 0 Å². The van der Waals surface area contributed by atoms with Gasteiger partial charge in [0.05, 0.1) is 12.0 Å². The lowest BCUT2D eigenvalue weighted by molar-refractivity contribution is -0.0512. The van der Waals surface area contributed by atoms with Gasteiger partial charge in [0.15, 0.2) is 11.5 Å². The van der Waals surface area contributed by atoms with Gasteiger partial charge in [-0.3, -0.25) is 4.79 Å². The molecule has 1 N–H and O–H groups in total. The minimum Gasteiger partial charge on any atom is -0.493 e. The number of ether oxygens (including phenoxy) is 2. The molecule has 1 heterocycles. The van der Waals surface area contributed by atoms with E-state index >= 15 is 0 Å². The second kappa shape index (κ2) is 8.10. The summed E-state index contributed by atoms with van der Waals surface area (Å²) in [5.41, 5.74) is 1.84. The number of thiophene rings is 1. The molecule has 0 saturated heterocycles. The number of amides is 1. The highest BCUT2D eigenvalue weighted by molar-refractivity contribution is 7.14. The Morgan fingerprint density at radius 1 is 1.29 bits per heavy atom. The number of carbonyl (C=O) groups excluding carboxylic acids is 1. The van der Waals surface area contributed by atoms with Crippen LogP contribution in [0, 0.1) is 6.92 Å². The van der Waals surface area contributed by atoms with Gasteiger partial charge in [0.1, 0.15) is 0 Å². The summed E-state index contributed by atoms with van der Waals surface area (Å²) in [6.45, 7) is 1.39. The molecule has 2 aromatic rings. The molecular weight excluding hydrogens is 336 g/mol. The van der Waals surface area contributed by atoms with Crippen molar-refractivity contribution in [1.82, 2.24) is 5.32 Å². The standard InChI is InChI=1S/C17H19F2NO3S/c1-4-14-10(2)7-15(24-14)16(21)20-9-11-5-6-12(23-17(18)19)13(8-11)22-3/h5-8,17H,4,9H2,1-3H3,(H,20,21). The minimum absolute atomic E-state index is 0.0379. The number of rotatable bonds is 7. The molecule has 2 rings (SSSR count). The third-order valence-electron chi connectivity index (χ3n) is 3.46. The van der Waals surface area contributed by atoms with Crippen LogP contribution in [0.4, 0.5) is 8.78 Å². The number of halogens is 2. The molecule has 0 aliphatic carbocycles. The Labute approximate surface area is 143 Å². The Bertz CT molecular complexity index is 716. The van der Waals surface area contributed by atoms with Crippen LogP contribution in [0.1, 0.15) is 32.6 Å². The molecule has 0 saturated carbocycles. The van der Waals surface area contributed by atoms with Crippen LogP contribution >= 0.6 is 11.3 Å². The average Bonchev–Trinajstić information content (AvgIpc) is 2.94. The quantitative estimate of drug-likeness (QED) is 0.811. The molecule has 1 amide bonds. The fraction of sp³-hybridized carbons (Fsp3) is 0.353. The molecule has 0 fully saturated rings. The third kappa shape index (κ3) is 4.44. The van der Waals surface area contributed by atoms with Crippen LogP contribution in [0.2, 0.25) is 0 Å². The van der Waals surface area contributed by atoms with Gasteiger partial charge in [0.2, 0.25) is 0 Å². The Hall–Kier alpha value is -2.15. The number of carbonyl (C=O) groups is 1. The molecule has 1 aromatic carbocycles. The van der Waals surface area contributed by atoms with Gasteiger partial charge >= 0.3 is 6.61 Å². The van der Waals surface area contributed by atoms with Crippen LogP contribution < -0.4 is 14.8 Å². The molecule has 0 spiro atoms. The van der Waals surface area contributed by atoms with Gasteiger partial charge in [-0.15, -0.1) is 11.3 Å². The number of hydrogen-bond acceptors (Lipinski definition) is 4. The topological polar surface area (TPSA) is 47.6 Å². The highest BCUT2D eigenvalue weighted by atomic mass is 32.1. The Morgan fingerprint density at radius 2 is 2.04 bits per heavy atom. The zero-order valence-corrected chi connectivity index (χ0v) is 14.5. The van der Waals surface area contributed by atoms with Crippen molar-refractivity contribution in [2.24, 2.45) is 0 Å². The number of benzene rings is 1. The summed E-state index contributed by atoms with van der Waals surface area (Å²) in [6, 6.07) is 6.45. The van der Waals surface area contributed by atoms with E-state index in [9.17, 15) is 13.6 Å². The molecular formula is C17H19F2NO3S. The number of aryl methyl sites for hydroxylation is 2. The maximum Gasteiger partial charge on any atom is 0.387 e. The van der Waals surface area contributed by atoms with Crippen molar-refractivity contribution in [3.8, 4) is 11.5 Å². The Kier molecular flexibility index (Phi) is 6.14. The minimum atomic E-state index is -2.92. The first kappa shape index (κ1) is 18.2. The molecule has 0 aliphatic heterocycles. The van der Waals surface area contributed by atoms with Gasteiger partial charge in [0.25, 0.3) is 5.91 Å². The predicted molar refractivity (Wildman–Crippen MR) is 89.2 cm³/mol. The van der Waals surface area contributed by atoms with E-state index in [0.717, 1.165) is 17.5 Å². The molecule has 0 bridgehead atoms. The van der Waals surface area contributed by atoms with E-state index < -0.39 is 6.61 Å². The fourth-order valence-electron chi connectivity index (χ4n) is 2.27. The number of hydrogen-bond donors (Lipinski definition) is 1. The van der Waals surface area contributed by atoms with Crippen molar-refractivity contribution in [1.29, 1.82) is 0 Å². The van der Waals surface area contributed by atoms with E-state index in [2.05, 4.69) is 17.0 Å². The lowest BCUT2D eigenvalue weighted by Crippen LogP contribution is -2.21. The van der Waals surface area contributed by atoms with E-state index in [-0.39, 0.29) is 24.0 Å². The highest BCUT2D eigenvalue weighted by Gasteiger charge is 2.13. The number of alkyl halides is 2. The molecule has 4 nitrogen and oxygen atoms in total. The summed E-state index contributed by atoms with van der Waals surface area (Å²) in [5, 5.41) is 2.82. The predicted octanol–water partition coefficient (Wildman–Crippen LogP) is 4.16. The summed E-state index contributed by atoms with van der Waals surface area (Å²) in [5.74, 6) is 0.000931. The van der Waals surface area contributed by atoms with Crippen molar-refractivity contribution >= 4 is 17.2 Å². The normalized spacial score (nSPS) is 10.8. The molecule has 7 heteroatoms. The van der Waals surface area contributed by atoms with Gasteiger partial charge < -0.3 is 14.8 Å². The fourth-order valence-corrected chi connectivity index (χ4v) is 3.30. The molecule has 0 radical (unpaired) electrons. The number of methoxy groups -OCH3 is 1. The monoisotopic (exact) mass is 355 g/mol. The first-order valence-corrected chi connectivity index (χ1v) is 8.25.